The SMILES string of the molecule is COCCOCCOCCOCCOCCOCCOCCOCCOCCOCCOCCOCCOCCOCCOCCOCCOCCOCCOCCOCCOCCOCCOCCOCCNC(=O)CCCCC[N+]1=C(C=CC=CC=C2N(CCCSOOO)c3ccc4c(S(=O)(=O)O)cc(S(=O)(=O)O)cc4c3C2(C)CCCCCC(=O)OC)C(C)(C)c2cc(SOOO)ccc21. The Hall–Kier alpha value is -5.13. The number of rotatable bonds is 98. The number of allylic oxidation sites excluding steroid dienone is 6. The van der Waals surface area contributed by atoms with E-state index in [0.717, 1.165) is 65.7 Å². The summed E-state index contributed by atoms with van der Waals surface area (Å²) in [6.45, 7) is 29.3. The molecule has 1 atom stereocenters. The second-order valence-electron chi connectivity index (χ2n) is 31.5. The van der Waals surface area contributed by atoms with Gasteiger partial charge in [-0.1, -0.05) is 47.2 Å². The van der Waals surface area contributed by atoms with Crippen LogP contribution in [0.4, 0.5) is 11.4 Å². The van der Waals surface area contributed by atoms with Gasteiger partial charge in [-0.3, -0.25) is 18.7 Å². The van der Waals surface area contributed by atoms with Crippen LogP contribution in [0.15, 0.2) is 93.2 Å². The summed E-state index contributed by atoms with van der Waals surface area (Å²) in [6, 6.07) is 11.0. The van der Waals surface area contributed by atoms with Crippen molar-refractivity contribution < 1.29 is 188 Å². The van der Waals surface area contributed by atoms with Crippen molar-refractivity contribution in [2.24, 2.45) is 0 Å². The van der Waals surface area contributed by atoms with Gasteiger partial charge in [-0.2, -0.15) is 21.4 Å². The molecule has 46 heteroatoms. The molecule has 42 nitrogen and oxygen atoms in total. The molecule has 0 bridgehead atoms. The molecule has 2 aliphatic rings. The molecule has 0 radical (unpaired) electrons. The Balaban J connectivity index is 0.778. The lowest BCUT2D eigenvalue weighted by molar-refractivity contribution is -0.438. The van der Waals surface area contributed by atoms with Gasteiger partial charge in [0.05, 0.1) is 340 Å². The summed E-state index contributed by atoms with van der Waals surface area (Å²) in [5, 5.41) is 28.6. The summed E-state index contributed by atoms with van der Waals surface area (Å²) in [5.74, 6) is -0.0649. The number of carbonyl (C=O) groups excluding carboxylic acids is 2. The van der Waals surface area contributed by atoms with Gasteiger partial charge in [0.25, 0.3) is 20.2 Å². The second kappa shape index (κ2) is 81.0. The minimum Gasteiger partial charge on any atom is -0.469 e. The Bertz CT molecular complexity index is 4030. The van der Waals surface area contributed by atoms with E-state index in [1.807, 2.05) is 60.4 Å². The van der Waals surface area contributed by atoms with Crippen LogP contribution in [0.1, 0.15) is 96.1 Å². The van der Waals surface area contributed by atoms with Gasteiger partial charge in [-0.05, 0) is 100 Å². The lowest BCUT2D eigenvalue weighted by atomic mass is 9.75. The van der Waals surface area contributed by atoms with Crippen molar-refractivity contribution >= 4 is 84.1 Å². The third-order valence-electron chi connectivity index (χ3n) is 21.0. The number of fused-ring (bicyclic) bond motifs is 4. The molecule has 0 aliphatic carbocycles. The van der Waals surface area contributed by atoms with Gasteiger partial charge >= 0.3 is 5.97 Å². The number of carbonyl (C=O) groups is 2. The summed E-state index contributed by atoms with van der Waals surface area (Å²) in [6.07, 6.45) is 14.9. The zero-order chi connectivity index (χ0) is 99.9. The standard InChI is InChI=1S/C93H153N3O39S4/c1-92(2)83-76-79(137-135-133-100)20-22-84(83)95(87(92)16-9-6-10-17-88-93(3,24-13-7-12-19-90(98)108-5)91-82-77-80(138(101,102)103)78-86(139(104,105)106)81(82)21-23-85(91)96(88)27-15-75-136-134-132-99)26-14-8-11-18-89(97)94-25-28-109-31-32-111-35-36-113-39-40-115-43-44-117-47-48-119-51-52-121-55-56-123-59-60-125-63-64-127-67-68-129-71-72-131-74-73-130-70-69-128-66-65-126-62-61-124-58-57-122-54-53-120-50-49-118-46-45-116-42-41-114-38-37-112-34-33-110-30-29-107-4/h6,9-10,16-17,20-23,76-78H,7-8,11-15,18-19,24-75H2,1-5H3,(H4-,94,97,99,100,101,102,103,104,105,106)/p+1. The second-order valence-corrected chi connectivity index (χ2v) is 35.8. The topological polar surface area (TPSA) is 469 Å². The highest BCUT2D eigenvalue weighted by Crippen LogP contribution is 2.54. The van der Waals surface area contributed by atoms with Gasteiger partial charge in [0.1, 0.15) is 11.4 Å². The first-order valence-corrected chi connectivity index (χ1v) is 51.9. The van der Waals surface area contributed by atoms with Gasteiger partial charge < -0.3 is 129 Å². The van der Waals surface area contributed by atoms with Crippen LogP contribution in [0.5, 0.6) is 0 Å². The largest absolute Gasteiger partial charge is 0.469 e. The molecule has 0 aromatic heterocycles. The van der Waals surface area contributed by atoms with Gasteiger partial charge in [0.15, 0.2) is 5.71 Å². The number of ether oxygens (including phenoxy) is 25. The van der Waals surface area contributed by atoms with Gasteiger partial charge in [-0.25, -0.2) is 10.5 Å². The third kappa shape index (κ3) is 56.4. The fourth-order valence-corrected chi connectivity index (χ4v) is 16.3. The van der Waals surface area contributed by atoms with Gasteiger partial charge in [0.2, 0.25) is 11.6 Å². The molecule has 2 heterocycles. The van der Waals surface area contributed by atoms with Crippen molar-refractivity contribution in [1.29, 1.82) is 0 Å². The predicted molar refractivity (Wildman–Crippen MR) is 514 cm³/mol. The average molecular weight is 2070 g/mol. The van der Waals surface area contributed by atoms with Crippen LogP contribution in [0.2, 0.25) is 0 Å². The molecule has 5 rings (SSSR count). The van der Waals surface area contributed by atoms with E-state index in [-0.39, 0.29) is 29.1 Å². The zero-order valence-corrected chi connectivity index (χ0v) is 84.9. The summed E-state index contributed by atoms with van der Waals surface area (Å²) in [7, 11) is -7.05. The minimum absolute atomic E-state index is 0.0401. The highest BCUT2D eigenvalue weighted by Gasteiger charge is 2.46. The molecule has 798 valence electrons. The van der Waals surface area contributed by atoms with E-state index in [9.17, 15) is 35.5 Å². The molecule has 1 unspecified atom stereocenters. The number of hydrogen-bond donors (Lipinski definition) is 5. The molecule has 2 aliphatic heterocycles. The van der Waals surface area contributed by atoms with Crippen molar-refractivity contribution in [2.45, 2.75) is 110 Å². The number of benzene rings is 3. The highest BCUT2D eigenvalue weighted by atomic mass is 32.2. The number of hydrogen-bond acceptors (Lipinski definition) is 40. The molecular formula is C93H154N3O39S4+. The Labute approximate surface area is 827 Å². The summed E-state index contributed by atoms with van der Waals surface area (Å²) >= 11 is 1.74. The number of nitrogens with one attached hydrogen (secondary N) is 1. The Morgan fingerprint density at radius 2 is 0.820 bits per heavy atom. The number of nitrogens with zero attached hydrogens (tertiary/aromatic N) is 2. The quantitative estimate of drug-likeness (QED) is 0.00513. The van der Waals surface area contributed by atoms with E-state index in [0.29, 0.717) is 397 Å². The molecule has 0 saturated carbocycles. The predicted octanol–water partition coefficient (Wildman–Crippen LogP) is 9.20. The minimum atomic E-state index is -5.03. The Morgan fingerprint density at radius 3 is 1.21 bits per heavy atom. The maximum absolute atomic E-state index is 12.9. The molecule has 0 saturated heterocycles. The molecular weight excluding hydrogens is 1910 g/mol. The third-order valence-corrected chi connectivity index (χ3v) is 23.9. The fourth-order valence-electron chi connectivity index (χ4n) is 14.2. The maximum Gasteiger partial charge on any atom is 0.305 e. The van der Waals surface area contributed by atoms with Crippen LogP contribution in [-0.4, -0.2) is 409 Å². The number of amides is 1. The molecule has 0 spiro atoms. The zero-order valence-electron chi connectivity index (χ0n) is 81.7. The highest BCUT2D eigenvalue weighted by molar-refractivity contribution is 7.94. The van der Waals surface area contributed by atoms with E-state index < -0.39 is 40.9 Å². The lowest BCUT2D eigenvalue weighted by Crippen LogP contribution is -2.29. The lowest BCUT2D eigenvalue weighted by Gasteiger charge is -2.31. The first-order valence-electron chi connectivity index (χ1n) is 47.4. The Morgan fingerprint density at radius 1 is 0.424 bits per heavy atom. The average Bonchev–Trinajstić information content (AvgIpc) is 1.56. The van der Waals surface area contributed by atoms with Gasteiger partial charge in [-0.15, -0.1) is 8.67 Å². The molecule has 5 N–H and O–H groups in total. The van der Waals surface area contributed by atoms with E-state index >= 15 is 0 Å². The molecule has 139 heavy (non-hydrogen) atoms. The summed E-state index contributed by atoms with van der Waals surface area (Å²) in [4.78, 5) is 26.3. The van der Waals surface area contributed by atoms with Crippen LogP contribution < -0.4 is 10.2 Å². The number of esters is 1. The van der Waals surface area contributed by atoms with E-state index in [1.54, 1.807) is 13.2 Å². The number of anilines is 1. The monoisotopic (exact) mass is 2060 g/mol. The van der Waals surface area contributed by atoms with E-state index in [2.05, 4.69) is 38.2 Å². The molecule has 1 amide bonds. The smallest absolute Gasteiger partial charge is 0.305 e. The molecule has 3 aromatic carbocycles. The first kappa shape index (κ1) is 124. The van der Waals surface area contributed by atoms with Crippen molar-refractivity contribution in [3.05, 3.63) is 89.7 Å². The van der Waals surface area contributed by atoms with Crippen molar-refractivity contribution in [3.63, 3.8) is 0 Å². The van der Waals surface area contributed by atoms with Crippen LogP contribution in [0.25, 0.3) is 10.8 Å². The maximum atomic E-state index is 12.9. The van der Waals surface area contributed by atoms with Crippen molar-refractivity contribution in [3.8, 4) is 0 Å². The molecule has 3 aromatic rings. The van der Waals surface area contributed by atoms with Crippen LogP contribution in [-0.2, 0) is 178 Å². The van der Waals surface area contributed by atoms with E-state index in [1.165, 1.54) is 19.2 Å². The number of unbranched alkanes of at least 4 members (excludes halogenated alkanes) is 4. The fraction of sp³-hybridized carbons (Fsp3) is 0.731. The van der Waals surface area contributed by atoms with Gasteiger partial charge in [0, 0.05) is 102 Å². The van der Waals surface area contributed by atoms with E-state index in [4.69, 9.17) is 133 Å². The van der Waals surface area contributed by atoms with Crippen LogP contribution in [0, 0.1) is 0 Å². The number of methoxy groups -OCH3 is 2. The van der Waals surface area contributed by atoms with Crippen LogP contribution in [0.3, 0.4) is 0 Å². The van der Waals surface area contributed by atoms with Crippen molar-refractivity contribution in [2.75, 3.05) is 355 Å². The normalized spacial score (nSPS) is 14.7. The molecule has 0 fully saturated rings. The Kier molecular flexibility index (Phi) is 72.5. The van der Waals surface area contributed by atoms with Crippen molar-refractivity contribution in [1.82, 2.24) is 5.32 Å². The summed E-state index contributed by atoms with van der Waals surface area (Å²) < 4.78 is 221. The first-order chi connectivity index (χ1) is 67.8. The summed E-state index contributed by atoms with van der Waals surface area (Å²) in [5.41, 5.74) is 3.37. The van der Waals surface area contributed by atoms with Crippen LogP contribution >= 0.6 is 24.1 Å².